The van der Waals surface area contributed by atoms with Crippen LogP contribution in [0.3, 0.4) is 0 Å². The second-order valence-corrected chi connectivity index (χ2v) is 6.69. The van der Waals surface area contributed by atoms with Gasteiger partial charge >= 0.3 is 0 Å². The first-order valence-corrected chi connectivity index (χ1v) is 8.95. The van der Waals surface area contributed by atoms with E-state index in [0.717, 1.165) is 27.5 Å². The van der Waals surface area contributed by atoms with Gasteiger partial charge in [0.1, 0.15) is 11.6 Å². The highest BCUT2D eigenvalue weighted by molar-refractivity contribution is 5.98. The van der Waals surface area contributed by atoms with Gasteiger partial charge in [-0.25, -0.2) is 4.39 Å². The number of hydrogen-bond donors (Lipinski definition) is 1. The fraction of sp³-hybridized carbons (Fsp3) is 0.130. The molecular formula is C23H19FN2O2. The number of ether oxygens (including phenoxy) is 1. The molecule has 0 unspecified atom stereocenters. The Kier molecular flexibility index (Phi) is 4.65. The molecule has 0 saturated carbocycles. The molecule has 4 rings (SSSR count). The van der Waals surface area contributed by atoms with Gasteiger partial charge in [-0.05, 0) is 59.7 Å². The van der Waals surface area contributed by atoms with Crippen molar-refractivity contribution in [1.82, 2.24) is 10.3 Å². The van der Waals surface area contributed by atoms with Crippen molar-refractivity contribution in [3.05, 3.63) is 83.3 Å². The molecular weight excluding hydrogens is 355 g/mol. The van der Waals surface area contributed by atoms with Gasteiger partial charge in [-0.2, -0.15) is 0 Å². The van der Waals surface area contributed by atoms with Crippen LogP contribution in [0, 0.1) is 12.7 Å². The van der Waals surface area contributed by atoms with Crippen LogP contribution >= 0.6 is 0 Å². The molecule has 0 aliphatic rings. The molecule has 3 aromatic carbocycles. The monoisotopic (exact) mass is 374 g/mol. The number of benzene rings is 3. The molecule has 1 N–H and O–H groups in total. The number of pyridine rings is 1. The first-order chi connectivity index (χ1) is 13.5. The van der Waals surface area contributed by atoms with Gasteiger partial charge in [0.05, 0.1) is 23.9 Å². The zero-order valence-electron chi connectivity index (χ0n) is 15.6. The highest BCUT2D eigenvalue weighted by atomic mass is 19.1. The van der Waals surface area contributed by atoms with Crippen LogP contribution in [0.5, 0.6) is 5.75 Å². The number of fused-ring (bicyclic) bond motifs is 2. The smallest absolute Gasteiger partial charge is 0.253 e. The van der Waals surface area contributed by atoms with Crippen LogP contribution in [0.25, 0.3) is 21.7 Å². The fourth-order valence-corrected chi connectivity index (χ4v) is 3.25. The number of aromatic nitrogens is 1. The fourth-order valence-electron chi connectivity index (χ4n) is 3.25. The van der Waals surface area contributed by atoms with Gasteiger partial charge in [0.25, 0.3) is 5.91 Å². The van der Waals surface area contributed by atoms with E-state index in [1.807, 2.05) is 36.4 Å². The number of methoxy groups -OCH3 is 1. The third-order valence-corrected chi connectivity index (χ3v) is 4.78. The van der Waals surface area contributed by atoms with E-state index in [0.29, 0.717) is 23.3 Å². The molecule has 0 bridgehead atoms. The molecule has 0 fully saturated rings. The number of amides is 1. The van der Waals surface area contributed by atoms with Gasteiger partial charge in [0, 0.05) is 18.0 Å². The molecule has 0 radical (unpaired) electrons. The molecule has 1 aromatic heterocycles. The Morgan fingerprint density at radius 3 is 2.57 bits per heavy atom. The van der Waals surface area contributed by atoms with Gasteiger partial charge in [0.15, 0.2) is 0 Å². The van der Waals surface area contributed by atoms with Crippen LogP contribution in [-0.2, 0) is 6.54 Å². The lowest BCUT2D eigenvalue weighted by Crippen LogP contribution is -2.24. The van der Waals surface area contributed by atoms with Crippen molar-refractivity contribution in [3.63, 3.8) is 0 Å². The van der Waals surface area contributed by atoms with E-state index in [2.05, 4.69) is 10.3 Å². The van der Waals surface area contributed by atoms with Gasteiger partial charge in [0.2, 0.25) is 0 Å². The predicted octanol–water partition coefficient (Wildman–Crippen LogP) is 4.77. The summed E-state index contributed by atoms with van der Waals surface area (Å²) >= 11 is 0. The van der Waals surface area contributed by atoms with E-state index in [1.165, 1.54) is 12.1 Å². The van der Waals surface area contributed by atoms with Crippen molar-refractivity contribution in [1.29, 1.82) is 0 Å². The van der Waals surface area contributed by atoms with Crippen molar-refractivity contribution in [2.45, 2.75) is 13.5 Å². The highest BCUT2D eigenvalue weighted by Crippen LogP contribution is 2.22. The Hall–Kier alpha value is -3.47. The van der Waals surface area contributed by atoms with E-state index >= 15 is 0 Å². The first kappa shape index (κ1) is 17.9. The van der Waals surface area contributed by atoms with Crippen LogP contribution < -0.4 is 10.1 Å². The van der Waals surface area contributed by atoms with E-state index in [9.17, 15) is 9.18 Å². The Balaban J connectivity index is 1.54. The lowest BCUT2D eigenvalue weighted by molar-refractivity contribution is 0.0950. The maximum absolute atomic E-state index is 13.4. The number of carbonyl (C=O) groups excluding carboxylic acids is 1. The van der Waals surface area contributed by atoms with Gasteiger partial charge in [-0.1, -0.05) is 18.2 Å². The SMILES string of the molecule is COc1ccc2cc(CNC(=O)c3cc4ccc(F)cc4nc3C)ccc2c1. The topological polar surface area (TPSA) is 51.2 Å². The summed E-state index contributed by atoms with van der Waals surface area (Å²) < 4.78 is 18.6. The number of nitrogens with zero attached hydrogens (tertiary/aromatic N) is 1. The van der Waals surface area contributed by atoms with Crippen LogP contribution in [0.2, 0.25) is 0 Å². The molecule has 4 nitrogen and oxygen atoms in total. The average Bonchev–Trinajstić information content (AvgIpc) is 2.70. The predicted molar refractivity (Wildman–Crippen MR) is 108 cm³/mol. The zero-order valence-corrected chi connectivity index (χ0v) is 15.6. The number of aryl methyl sites for hydroxylation is 1. The lowest BCUT2D eigenvalue weighted by atomic mass is 10.1. The molecule has 5 heteroatoms. The number of nitrogens with one attached hydrogen (secondary N) is 1. The third-order valence-electron chi connectivity index (χ3n) is 4.78. The van der Waals surface area contributed by atoms with Crippen molar-refractivity contribution < 1.29 is 13.9 Å². The molecule has 0 saturated heterocycles. The minimum absolute atomic E-state index is 0.203. The second-order valence-electron chi connectivity index (χ2n) is 6.69. The lowest BCUT2D eigenvalue weighted by Gasteiger charge is -2.10. The quantitative estimate of drug-likeness (QED) is 0.560. The number of hydrogen-bond acceptors (Lipinski definition) is 3. The van der Waals surface area contributed by atoms with E-state index < -0.39 is 0 Å². The molecule has 1 heterocycles. The Bertz CT molecular complexity index is 1200. The minimum atomic E-state index is -0.342. The Labute approximate surface area is 162 Å². The molecule has 140 valence electrons. The summed E-state index contributed by atoms with van der Waals surface area (Å²) in [4.78, 5) is 17.0. The first-order valence-electron chi connectivity index (χ1n) is 8.95. The van der Waals surface area contributed by atoms with Crippen LogP contribution in [0.4, 0.5) is 4.39 Å². The third kappa shape index (κ3) is 3.51. The summed E-state index contributed by atoms with van der Waals surface area (Å²) in [6.45, 7) is 2.16. The number of carbonyl (C=O) groups is 1. The second kappa shape index (κ2) is 7.27. The average molecular weight is 374 g/mol. The van der Waals surface area contributed by atoms with Crippen LogP contribution in [0.15, 0.2) is 60.7 Å². The van der Waals surface area contributed by atoms with Crippen molar-refractivity contribution in [2.75, 3.05) is 7.11 Å². The highest BCUT2D eigenvalue weighted by Gasteiger charge is 2.12. The molecule has 0 spiro atoms. The Morgan fingerprint density at radius 1 is 1.00 bits per heavy atom. The number of rotatable bonds is 4. The van der Waals surface area contributed by atoms with Gasteiger partial charge < -0.3 is 10.1 Å². The minimum Gasteiger partial charge on any atom is -0.497 e. The standard InChI is InChI=1S/C23H19FN2O2/c1-14-21(11-18-5-7-19(24)12-22(18)26-14)23(27)25-13-15-3-4-17-10-20(28-2)8-6-16(17)9-15/h3-12H,13H2,1-2H3,(H,25,27). The maximum atomic E-state index is 13.4. The molecule has 0 aliphatic heterocycles. The normalized spacial score (nSPS) is 11.0. The molecule has 28 heavy (non-hydrogen) atoms. The van der Waals surface area contributed by atoms with Gasteiger partial charge in [-0.3, -0.25) is 9.78 Å². The van der Waals surface area contributed by atoms with E-state index in [-0.39, 0.29) is 11.7 Å². The Morgan fingerprint density at radius 2 is 1.75 bits per heavy atom. The summed E-state index contributed by atoms with van der Waals surface area (Å²) in [6, 6.07) is 18.0. The molecule has 4 aromatic rings. The number of halogens is 1. The molecule has 0 atom stereocenters. The maximum Gasteiger partial charge on any atom is 0.253 e. The molecule has 0 aliphatic carbocycles. The van der Waals surface area contributed by atoms with Crippen LogP contribution in [0.1, 0.15) is 21.6 Å². The largest absolute Gasteiger partial charge is 0.497 e. The van der Waals surface area contributed by atoms with E-state index in [1.54, 1.807) is 26.2 Å². The van der Waals surface area contributed by atoms with Crippen molar-refractivity contribution in [3.8, 4) is 5.75 Å². The van der Waals surface area contributed by atoms with E-state index in [4.69, 9.17) is 4.74 Å². The summed E-state index contributed by atoms with van der Waals surface area (Å²) in [7, 11) is 1.64. The summed E-state index contributed by atoms with van der Waals surface area (Å²) in [5, 5.41) is 5.84. The zero-order chi connectivity index (χ0) is 19.7. The van der Waals surface area contributed by atoms with Crippen molar-refractivity contribution in [2.24, 2.45) is 0 Å². The summed E-state index contributed by atoms with van der Waals surface area (Å²) in [5.41, 5.74) is 2.60. The summed E-state index contributed by atoms with van der Waals surface area (Å²) in [6.07, 6.45) is 0. The summed E-state index contributed by atoms with van der Waals surface area (Å²) in [5.74, 6) is 0.268. The molecule has 1 amide bonds. The van der Waals surface area contributed by atoms with Gasteiger partial charge in [-0.15, -0.1) is 0 Å². The van der Waals surface area contributed by atoms with Crippen LogP contribution in [-0.4, -0.2) is 18.0 Å². The van der Waals surface area contributed by atoms with Crippen molar-refractivity contribution >= 4 is 27.6 Å².